The summed E-state index contributed by atoms with van der Waals surface area (Å²) in [6.45, 7) is 1.27. The van der Waals surface area contributed by atoms with Crippen molar-refractivity contribution in [1.82, 2.24) is 5.32 Å². The summed E-state index contributed by atoms with van der Waals surface area (Å²) in [6.07, 6.45) is 3.61. The normalized spacial score (nSPS) is 15.3. The maximum atomic E-state index is 12.4. The fourth-order valence-corrected chi connectivity index (χ4v) is 3.78. The van der Waals surface area contributed by atoms with E-state index in [9.17, 15) is 14.4 Å². The first-order chi connectivity index (χ1) is 13.6. The molecule has 0 bridgehead atoms. The summed E-state index contributed by atoms with van der Waals surface area (Å²) in [5.41, 5.74) is 4.74. The Kier molecular flexibility index (Phi) is 5.10. The van der Waals surface area contributed by atoms with Crippen LogP contribution < -0.4 is 15.5 Å². The van der Waals surface area contributed by atoms with Crippen LogP contribution in [0, 0.1) is 0 Å². The Morgan fingerprint density at radius 2 is 1.79 bits per heavy atom. The van der Waals surface area contributed by atoms with Gasteiger partial charge in [0.1, 0.15) is 0 Å². The van der Waals surface area contributed by atoms with Crippen molar-refractivity contribution in [3.05, 3.63) is 59.2 Å². The molecule has 0 unspecified atom stereocenters. The molecule has 0 spiro atoms. The summed E-state index contributed by atoms with van der Waals surface area (Å²) >= 11 is 0. The number of urea groups is 1. The van der Waals surface area contributed by atoms with Crippen molar-refractivity contribution < 1.29 is 14.4 Å². The van der Waals surface area contributed by atoms with E-state index in [1.807, 2.05) is 18.2 Å². The van der Waals surface area contributed by atoms with Crippen LogP contribution in [-0.2, 0) is 17.6 Å². The van der Waals surface area contributed by atoms with Crippen molar-refractivity contribution in [2.45, 2.75) is 32.1 Å². The highest BCUT2D eigenvalue weighted by atomic mass is 16.2. The zero-order valence-electron chi connectivity index (χ0n) is 15.7. The van der Waals surface area contributed by atoms with Crippen LogP contribution in [0.25, 0.3) is 0 Å². The summed E-state index contributed by atoms with van der Waals surface area (Å²) in [7, 11) is 0. The third kappa shape index (κ3) is 3.91. The molecule has 28 heavy (non-hydrogen) atoms. The standard InChI is InChI=1S/C22H23N3O3/c26-20(17-5-4-15-2-1-3-16(15)14-17)10-11-21(27)24-18-6-8-19(9-7-18)25-13-12-23-22(25)28/h4-9,14H,1-3,10-13H2,(H,23,28)(H,24,27). The molecule has 0 saturated carbocycles. The second-order valence-corrected chi connectivity index (χ2v) is 7.24. The quantitative estimate of drug-likeness (QED) is 0.758. The molecule has 0 atom stereocenters. The van der Waals surface area contributed by atoms with Crippen LogP contribution in [0.1, 0.15) is 40.7 Å². The lowest BCUT2D eigenvalue weighted by Gasteiger charge is -2.14. The van der Waals surface area contributed by atoms with Gasteiger partial charge < -0.3 is 10.6 Å². The summed E-state index contributed by atoms with van der Waals surface area (Å²) in [6, 6.07) is 12.9. The second kappa shape index (κ2) is 7.84. The molecule has 1 aliphatic carbocycles. The Hall–Kier alpha value is -3.15. The molecule has 3 amide bonds. The lowest BCUT2D eigenvalue weighted by Crippen LogP contribution is -2.27. The number of carbonyl (C=O) groups excluding carboxylic acids is 3. The van der Waals surface area contributed by atoms with Gasteiger partial charge in [0.15, 0.2) is 5.78 Å². The number of benzene rings is 2. The van der Waals surface area contributed by atoms with Crippen LogP contribution in [0.15, 0.2) is 42.5 Å². The van der Waals surface area contributed by atoms with Crippen molar-refractivity contribution in [2.75, 3.05) is 23.3 Å². The first-order valence-corrected chi connectivity index (χ1v) is 9.70. The molecule has 1 fully saturated rings. The highest BCUT2D eigenvalue weighted by Gasteiger charge is 2.21. The molecule has 2 aliphatic rings. The zero-order chi connectivity index (χ0) is 19.5. The number of anilines is 2. The average molecular weight is 377 g/mol. The minimum absolute atomic E-state index is 0.000226. The third-order valence-corrected chi connectivity index (χ3v) is 5.32. The predicted molar refractivity (Wildman–Crippen MR) is 108 cm³/mol. The molecule has 2 aromatic carbocycles. The van der Waals surface area contributed by atoms with Crippen LogP contribution >= 0.6 is 0 Å². The number of aryl methyl sites for hydroxylation is 2. The summed E-state index contributed by atoms with van der Waals surface area (Å²) in [5.74, 6) is -0.193. The third-order valence-electron chi connectivity index (χ3n) is 5.32. The van der Waals surface area contributed by atoms with Gasteiger partial charge in [-0.05, 0) is 60.7 Å². The van der Waals surface area contributed by atoms with Gasteiger partial charge in [0, 0.05) is 42.9 Å². The van der Waals surface area contributed by atoms with Gasteiger partial charge in [-0.3, -0.25) is 14.5 Å². The molecule has 4 rings (SSSR count). The highest BCUT2D eigenvalue weighted by Crippen LogP contribution is 2.24. The Labute approximate surface area is 163 Å². The number of hydrogen-bond acceptors (Lipinski definition) is 3. The second-order valence-electron chi connectivity index (χ2n) is 7.24. The Morgan fingerprint density at radius 3 is 2.54 bits per heavy atom. The molecular weight excluding hydrogens is 354 g/mol. The molecule has 144 valence electrons. The smallest absolute Gasteiger partial charge is 0.321 e. The summed E-state index contributed by atoms with van der Waals surface area (Å²) in [4.78, 5) is 37.9. The fraction of sp³-hybridized carbons (Fsp3) is 0.318. The molecule has 0 radical (unpaired) electrons. The molecule has 1 saturated heterocycles. The lowest BCUT2D eigenvalue weighted by atomic mass is 10.0. The molecule has 2 aromatic rings. The van der Waals surface area contributed by atoms with Gasteiger partial charge in [-0.1, -0.05) is 12.1 Å². The molecule has 1 aliphatic heterocycles. The monoisotopic (exact) mass is 377 g/mol. The van der Waals surface area contributed by atoms with E-state index in [0.29, 0.717) is 24.3 Å². The van der Waals surface area contributed by atoms with Gasteiger partial charge in [0.2, 0.25) is 5.91 Å². The molecule has 2 N–H and O–H groups in total. The molecular formula is C22H23N3O3. The van der Waals surface area contributed by atoms with Gasteiger partial charge >= 0.3 is 6.03 Å². The van der Waals surface area contributed by atoms with Gasteiger partial charge in [-0.25, -0.2) is 4.79 Å². The number of nitrogens with one attached hydrogen (secondary N) is 2. The first kappa shape index (κ1) is 18.2. The van der Waals surface area contributed by atoms with E-state index in [2.05, 4.69) is 10.6 Å². The number of fused-ring (bicyclic) bond motifs is 1. The van der Waals surface area contributed by atoms with E-state index in [1.54, 1.807) is 29.2 Å². The number of Topliss-reactive ketones (excluding diaryl/α,β-unsaturated/α-hetero) is 1. The Balaban J connectivity index is 1.29. The van der Waals surface area contributed by atoms with Crippen molar-refractivity contribution in [3.8, 4) is 0 Å². The first-order valence-electron chi connectivity index (χ1n) is 9.70. The SMILES string of the molecule is O=C(CCC(=O)c1ccc2c(c1)CCC2)Nc1ccc(N2CCNC2=O)cc1. The molecule has 0 aromatic heterocycles. The van der Waals surface area contributed by atoms with Crippen molar-refractivity contribution in [1.29, 1.82) is 0 Å². The fourth-order valence-electron chi connectivity index (χ4n) is 3.78. The number of carbonyl (C=O) groups is 3. The van der Waals surface area contributed by atoms with E-state index < -0.39 is 0 Å². The van der Waals surface area contributed by atoms with Gasteiger partial charge in [0.05, 0.1) is 0 Å². The minimum Gasteiger partial charge on any atom is -0.336 e. The molecule has 1 heterocycles. The zero-order valence-corrected chi connectivity index (χ0v) is 15.7. The van der Waals surface area contributed by atoms with E-state index >= 15 is 0 Å². The Morgan fingerprint density at radius 1 is 1.00 bits per heavy atom. The predicted octanol–water partition coefficient (Wildman–Crippen LogP) is 3.31. The van der Waals surface area contributed by atoms with Gasteiger partial charge in [-0.2, -0.15) is 0 Å². The van der Waals surface area contributed by atoms with Crippen LogP contribution in [0.5, 0.6) is 0 Å². The number of nitrogens with zero attached hydrogens (tertiary/aromatic N) is 1. The summed E-state index contributed by atoms with van der Waals surface area (Å²) in [5, 5.41) is 5.56. The van der Waals surface area contributed by atoms with Crippen molar-refractivity contribution in [3.63, 3.8) is 0 Å². The number of rotatable bonds is 6. The highest BCUT2D eigenvalue weighted by molar-refractivity contribution is 6.00. The maximum absolute atomic E-state index is 12.4. The van der Waals surface area contributed by atoms with E-state index in [0.717, 1.165) is 24.9 Å². The van der Waals surface area contributed by atoms with Gasteiger partial charge in [0.25, 0.3) is 0 Å². The number of amides is 3. The van der Waals surface area contributed by atoms with Crippen LogP contribution in [-0.4, -0.2) is 30.8 Å². The van der Waals surface area contributed by atoms with Crippen LogP contribution in [0.4, 0.5) is 16.2 Å². The summed E-state index contributed by atoms with van der Waals surface area (Å²) < 4.78 is 0. The molecule has 6 heteroatoms. The lowest BCUT2D eigenvalue weighted by molar-refractivity contribution is -0.116. The van der Waals surface area contributed by atoms with E-state index in [4.69, 9.17) is 0 Å². The minimum atomic E-state index is -0.193. The number of ketones is 1. The van der Waals surface area contributed by atoms with Crippen molar-refractivity contribution in [2.24, 2.45) is 0 Å². The largest absolute Gasteiger partial charge is 0.336 e. The topological polar surface area (TPSA) is 78.5 Å². The average Bonchev–Trinajstić information content (AvgIpc) is 3.35. The Bertz CT molecular complexity index is 921. The van der Waals surface area contributed by atoms with Gasteiger partial charge in [-0.15, -0.1) is 0 Å². The maximum Gasteiger partial charge on any atom is 0.321 e. The molecule has 6 nitrogen and oxygen atoms in total. The van der Waals surface area contributed by atoms with E-state index in [-0.39, 0.29) is 30.6 Å². The van der Waals surface area contributed by atoms with Crippen LogP contribution in [0.2, 0.25) is 0 Å². The van der Waals surface area contributed by atoms with Crippen LogP contribution in [0.3, 0.4) is 0 Å². The van der Waals surface area contributed by atoms with Crippen molar-refractivity contribution >= 4 is 29.1 Å². The van der Waals surface area contributed by atoms with E-state index in [1.165, 1.54) is 11.1 Å². The number of hydrogen-bond donors (Lipinski definition) is 2.